The lowest BCUT2D eigenvalue weighted by atomic mass is 10.1. The van der Waals surface area contributed by atoms with Crippen LogP contribution in [0.4, 0.5) is 0 Å². The van der Waals surface area contributed by atoms with Crippen LogP contribution >= 0.6 is 0 Å². The molecule has 2 aromatic rings. The second-order valence-electron chi connectivity index (χ2n) is 4.41. The van der Waals surface area contributed by atoms with Crippen molar-refractivity contribution in [1.82, 2.24) is 5.32 Å². The van der Waals surface area contributed by atoms with Crippen molar-refractivity contribution >= 4 is 0 Å². The molecule has 3 nitrogen and oxygen atoms in total. The van der Waals surface area contributed by atoms with E-state index < -0.39 is 6.10 Å². The molecule has 0 heterocycles. The molecule has 100 valence electrons. The summed E-state index contributed by atoms with van der Waals surface area (Å²) in [6, 6.07) is 17.6. The lowest BCUT2D eigenvalue weighted by Gasteiger charge is -2.12. The zero-order valence-electron chi connectivity index (χ0n) is 11.0. The SMILES string of the molecule is COc1cccc(CNCC(O)c2ccccc2)c1. The topological polar surface area (TPSA) is 41.5 Å². The van der Waals surface area contributed by atoms with Gasteiger partial charge in [0.25, 0.3) is 0 Å². The van der Waals surface area contributed by atoms with Gasteiger partial charge in [-0.25, -0.2) is 0 Å². The van der Waals surface area contributed by atoms with Crippen molar-refractivity contribution in [1.29, 1.82) is 0 Å². The van der Waals surface area contributed by atoms with E-state index in [0.717, 1.165) is 16.9 Å². The van der Waals surface area contributed by atoms with Gasteiger partial charge in [-0.2, -0.15) is 0 Å². The van der Waals surface area contributed by atoms with Crippen LogP contribution in [0.1, 0.15) is 17.2 Å². The minimum atomic E-state index is -0.480. The highest BCUT2D eigenvalue weighted by molar-refractivity contribution is 5.28. The quantitative estimate of drug-likeness (QED) is 0.835. The minimum absolute atomic E-state index is 0.480. The molecule has 0 bridgehead atoms. The standard InChI is InChI=1S/C16H19NO2/c1-19-15-9-5-6-13(10-15)11-17-12-16(18)14-7-3-2-4-8-14/h2-10,16-18H,11-12H2,1H3. The molecule has 19 heavy (non-hydrogen) atoms. The number of benzene rings is 2. The van der Waals surface area contributed by atoms with E-state index in [-0.39, 0.29) is 0 Å². The zero-order chi connectivity index (χ0) is 13.5. The molecule has 0 aromatic heterocycles. The van der Waals surface area contributed by atoms with Crippen LogP contribution in [0.15, 0.2) is 54.6 Å². The van der Waals surface area contributed by atoms with Gasteiger partial charge in [0.1, 0.15) is 5.75 Å². The van der Waals surface area contributed by atoms with E-state index in [1.165, 1.54) is 0 Å². The smallest absolute Gasteiger partial charge is 0.119 e. The van der Waals surface area contributed by atoms with Gasteiger partial charge in [0.05, 0.1) is 13.2 Å². The summed E-state index contributed by atoms with van der Waals surface area (Å²) in [4.78, 5) is 0. The molecule has 0 spiro atoms. The Labute approximate surface area is 113 Å². The van der Waals surface area contributed by atoms with Crippen molar-refractivity contribution in [2.75, 3.05) is 13.7 Å². The number of aliphatic hydroxyl groups is 1. The summed E-state index contributed by atoms with van der Waals surface area (Å²) in [5.74, 6) is 0.850. The van der Waals surface area contributed by atoms with Crippen molar-refractivity contribution < 1.29 is 9.84 Å². The maximum absolute atomic E-state index is 10.0. The summed E-state index contributed by atoms with van der Waals surface area (Å²) < 4.78 is 5.17. The van der Waals surface area contributed by atoms with Gasteiger partial charge in [0, 0.05) is 13.1 Å². The lowest BCUT2D eigenvalue weighted by molar-refractivity contribution is 0.174. The third-order valence-corrected chi connectivity index (χ3v) is 2.99. The first kappa shape index (κ1) is 13.6. The Morgan fingerprint density at radius 2 is 1.89 bits per heavy atom. The Morgan fingerprint density at radius 3 is 2.63 bits per heavy atom. The average Bonchev–Trinajstić information content (AvgIpc) is 2.48. The largest absolute Gasteiger partial charge is 0.497 e. The summed E-state index contributed by atoms with van der Waals surface area (Å²) in [6.45, 7) is 1.24. The molecule has 0 saturated heterocycles. The first-order valence-corrected chi connectivity index (χ1v) is 6.36. The number of hydrogen-bond acceptors (Lipinski definition) is 3. The number of aliphatic hydroxyl groups excluding tert-OH is 1. The molecule has 0 radical (unpaired) electrons. The summed E-state index contributed by atoms with van der Waals surface area (Å²) in [5, 5.41) is 13.3. The fourth-order valence-electron chi connectivity index (χ4n) is 1.93. The van der Waals surface area contributed by atoms with Crippen LogP contribution in [0.3, 0.4) is 0 Å². The highest BCUT2D eigenvalue weighted by Crippen LogP contribution is 2.13. The van der Waals surface area contributed by atoms with Crippen molar-refractivity contribution in [2.45, 2.75) is 12.6 Å². The van der Waals surface area contributed by atoms with Crippen LogP contribution < -0.4 is 10.1 Å². The van der Waals surface area contributed by atoms with Gasteiger partial charge < -0.3 is 15.2 Å². The average molecular weight is 257 g/mol. The van der Waals surface area contributed by atoms with E-state index in [1.807, 2.05) is 54.6 Å². The third kappa shape index (κ3) is 4.09. The molecule has 0 aliphatic rings. The second-order valence-corrected chi connectivity index (χ2v) is 4.41. The predicted molar refractivity (Wildman–Crippen MR) is 76.1 cm³/mol. The summed E-state index contributed by atoms with van der Waals surface area (Å²) in [5.41, 5.74) is 2.07. The fourth-order valence-corrected chi connectivity index (χ4v) is 1.93. The van der Waals surface area contributed by atoms with Crippen molar-refractivity contribution in [3.63, 3.8) is 0 Å². The van der Waals surface area contributed by atoms with E-state index in [1.54, 1.807) is 7.11 Å². The highest BCUT2D eigenvalue weighted by atomic mass is 16.5. The predicted octanol–water partition coefficient (Wildman–Crippen LogP) is 2.52. The minimum Gasteiger partial charge on any atom is -0.497 e. The molecule has 0 aliphatic heterocycles. The molecular weight excluding hydrogens is 238 g/mol. The van der Waals surface area contributed by atoms with E-state index in [0.29, 0.717) is 13.1 Å². The molecule has 2 rings (SSSR count). The zero-order valence-corrected chi connectivity index (χ0v) is 11.0. The Balaban J connectivity index is 1.83. The van der Waals surface area contributed by atoms with Gasteiger partial charge in [0.2, 0.25) is 0 Å². The van der Waals surface area contributed by atoms with Gasteiger partial charge in [-0.1, -0.05) is 42.5 Å². The number of nitrogens with one attached hydrogen (secondary N) is 1. The number of ether oxygens (including phenoxy) is 1. The number of methoxy groups -OCH3 is 1. The molecule has 0 amide bonds. The Morgan fingerprint density at radius 1 is 1.11 bits per heavy atom. The molecule has 1 atom stereocenters. The first-order chi connectivity index (χ1) is 9.29. The van der Waals surface area contributed by atoms with Gasteiger partial charge in [0.15, 0.2) is 0 Å². The Bertz CT molecular complexity index is 499. The normalized spacial score (nSPS) is 12.1. The van der Waals surface area contributed by atoms with E-state index >= 15 is 0 Å². The molecule has 0 fully saturated rings. The van der Waals surface area contributed by atoms with Crippen molar-refractivity contribution in [3.8, 4) is 5.75 Å². The number of rotatable bonds is 6. The van der Waals surface area contributed by atoms with E-state index in [9.17, 15) is 5.11 Å². The van der Waals surface area contributed by atoms with E-state index in [4.69, 9.17) is 4.74 Å². The van der Waals surface area contributed by atoms with Crippen molar-refractivity contribution in [2.24, 2.45) is 0 Å². The molecule has 0 aliphatic carbocycles. The van der Waals surface area contributed by atoms with Crippen LogP contribution in [0.2, 0.25) is 0 Å². The third-order valence-electron chi connectivity index (χ3n) is 2.99. The van der Waals surface area contributed by atoms with Crippen LogP contribution in [0.25, 0.3) is 0 Å². The fraction of sp³-hybridized carbons (Fsp3) is 0.250. The molecule has 2 N–H and O–H groups in total. The monoisotopic (exact) mass is 257 g/mol. The van der Waals surface area contributed by atoms with Crippen LogP contribution in [0, 0.1) is 0 Å². The molecule has 0 saturated carbocycles. The van der Waals surface area contributed by atoms with Gasteiger partial charge in [-0.3, -0.25) is 0 Å². The highest BCUT2D eigenvalue weighted by Gasteiger charge is 2.05. The summed E-state index contributed by atoms with van der Waals surface area (Å²) >= 11 is 0. The van der Waals surface area contributed by atoms with Gasteiger partial charge in [-0.05, 0) is 23.3 Å². The summed E-state index contributed by atoms with van der Waals surface area (Å²) in [6.07, 6.45) is -0.480. The van der Waals surface area contributed by atoms with Crippen molar-refractivity contribution in [3.05, 3.63) is 65.7 Å². The number of hydrogen-bond donors (Lipinski definition) is 2. The Kier molecular flexibility index (Phi) is 4.95. The molecule has 3 heteroatoms. The Hall–Kier alpha value is -1.84. The lowest BCUT2D eigenvalue weighted by Crippen LogP contribution is -2.21. The second kappa shape index (κ2) is 6.92. The summed E-state index contributed by atoms with van der Waals surface area (Å²) in [7, 11) is 1.66. The molecular formula is C16H19NO2. The maximum Gasteiger partial charge on any atom is 0.119 e. The van der Waals surface area contributed by atoms with E-state index in [2.05, 4.69) is 5.32 Å². The first-order valence-electron chi connectivity index (χ1n) is 6.36. The van der Waals surface area contributed by atoms with Crippen LogP contribution in [0.5, 0.6) is 5.75 Å². The van der Waals surface area contributed by atoms with Crippen LogP contribution in [-0.2, 0) is 6.54 Å². The van der Waals surface area contributed by atoms with Gasteiger partial charge in [-0.15, -0.1) is 0 Å². The van der Waals surface area contributed by atoms with Crippen LogP contribution in [-0.4, -0.2) is 18.8 Å². The maximum atomic E-state index is 10.0. The molecule has 1 unspecified atom stereocenters. The molecule has 2 aromatic carbocycles. The van der Waals surface area contributed by atoms with Gasteiger partial charge >= 0.3 is 0 Å².